The summed E-state index contributed by atoms with van der Waals surface area (Å²) in [6.45, 7) is 4.20. The number of aliphatic hydroxyl groups is 1. The number of ether oxygens (including phenoxy) is 3. The summed E-state index contributed by atoms with van der Waals surface area (Å²) in [6, 6.07) is 0. The predicted octanol–water partition coefficient (Wildman–Crippen LogP) is 16.6. The number of esters is 3. The van der Waals surface area contributed by atoms with Gasteiger partial charge in [-0.2, -0.15) is 0 Å². The van der Waals surface area contributed by atoms with Gasteiger partial charge in [-0.3, -0.25) is 23.4 Å². The van der Waals surface area contributed by atoms with Gasteiger partial charge in [0.15, 0.2) is 6.10 Å². The number of aliphatic hydroxyl groups excluding tert-OH is 1. The number of phosphoric acid groups is 1. The molecule has 0 heterocycles. The Labute approximate surface area is 449 Å². The van der Waals surface area contributed by atoms with Gasteiger partial charge in [-0.25, -0.2) is 4.57 Å². The molecular formula is C62H99O11P. The van der Waals surface area contributed by atoms with Crippen LogP contribution in [0.15, 0.2) is 134 Å². The molecule has 0 amide bonds. The van der Waals surface area contributed by atoms with Crippen molar-refractivity contribution in [2.45, 2.75) is 213 Å². The van der Waals surface area contributed by atoms with E-state index in [1.54, 1.807) is 0 Å². The number of rotatable bonds is 50. The number of hydrogen-bond acceptors (Lipinski definition) is 10. The van der Waals surface area contributed by atoms with Crippen LogP contribution < -0.4 is 0 Å². The van der Waals surface area contributed by atoms with Crippen LogP contribution >= 0.6 is 7.82 Å². The number of hydrogen-bond donors (Lipinski definition) is 2. The molecule has 0 aromatic rings. The molecule has 11 nitrogen and oxygen atoms in total. The fourth-order valence-electron chi connectivity index (χ4n) is 6.84. The highest BCUT2D eigenvalue weighted by atomic mass is 31.2. The predicted molar refractivity (Wildman–Crippen MR) is 306 cm³/mol. The van der Waals surface area contributed by atoms with Crippen molar-refractivity contribution >= 4 is 25.7 Å². The lowest BCUT2D eigenvalue weighted by Gasteiger charge is -2.21. The van der Waals surface area contributed by atoms with Gasteiger partial charge in [0, 0.05) is 19.3 Å². The molecule has 0 radical (unpaired) electrons. The maximum Gasteiger partial charge on any atom is 0.472 e. The second-order valence-corrected chi connectivity index (χ2v) is 19.4. The molecule has 0 aliphatic rings. The number of carbonyl (C=O) groups is 3. The first kappa shape index (κ1) is 69.6. The Kier molecular flexibility index (Phi) is 51.6. The van der Waals surface area contributed by atoms with Gasteiger partial charge < -0.3 is 24.2 Å². The van der Waals surface area contributed by atoms with Gasteiger partial charge in [-0.05, 0) is 116 Å². The Morgan fingerprint density at radius 3 is 1.14 bits per heavy atom. The molecule has 0 aliphatic heterocycles. The van der Waals surface area contributed by atoms with Crippen molar-refractivity contribution in [1.82, 2.24) is 0 Å². The highest BCUT2D eigenvalue weighted by Crippen LogP contribution is 2.43. The number of carbonyl (C=O) groups excluding carboxylic acids is 3. The minimum absolute atomic E-state index is 0.0891. The standard InChI is InChI=1S/C62H99O11P/c1-4-7-10-13-16-19-22-25-27-28-29-30-32-34-36-39-42-45-48-51-60(64)69-55-59(73-62(66)53-50-47-44-41-38-35-31-26-23-20-17-14-11-8-5-2)57-71-74(67,68)70-56-58(54-63)72-61(65)52-49-46-43-40-37-33-24-21-18-15-12-9-6-3/h7-8,10-12,15-17,19-21,24-27,29-31,34,36,42,45,58-59,63H,4-6,9,13-14,18,22-23,28,32-33,35,37-41,43-44,46-57H2,1-3H3,(H,67,68)/b10-7-,11-8-,15-12-,19-16-,20-17-,24-21-,27-25-,30-29-,31-26-,36-34-,45-42-. The number of phosphoric ester groups is 1. The molecule has 0 aromatic carbocycles. The third kappa shape index (κ3) is 52.5. The fraction of sp³-hybridized carbons (Fsp3) is 0.597. The SMILES string of the molecule is CC/C=C\C/C=C\C/C=C\C/C=C\C/C=C\C/C=C\CCC(=O)OCC(COP(=O)(O)OCC(CO)OC(=O)CCCCCCC/C=C\C/C=C\CCC)OC(=O)CCCCCCC/C=C\C/C=C\C/C=C\CC. The smallest absolute Gasteiger partial charge is 0.462 e. The van der Waals surface area contributed by atoms with Crippen LogP contribution in [0.25, 0.3) is 0 Å². The Balaban J connectivity index is 4.89. The lowest BCUT2D eigenvalue weighted by Crippen LogP contribution is -2.30. The average Bonchev–Trinajstić information content (AvgIpc) is 3.39. The topological polar surface area (TPSA) is 155 Å². The summed E-state index contributed by atoms with van der Waals surface area (Å²) < 4.78 is 39.4. The van der Waals surface area contributed by atoms with E-state index in [9.17, 15) is 28.9 Å². The Morgan fingerprint density at radius 1 is 0.392 bits per heavy atom. The van der Waals surface area contributed by atoms with Crippen molar-refractivity contribution in [3.8, 4) is 0 Å². The summed E-state index contributed by atoms with van der Waals surface area (Å²) in [5.74, 6) is -1.62. The van der Waals surface area contributed by atoms with E-state index in [1.165, 1.54) is 0 Å². The van der Waals surface area contributed by atoms with Crippen LogP contribution in [0.3, 0.4) is 0 Å². The van der Waals surface area contributed by atoms with Gasteiger partial charge in [-0.1, -0.05) is 199 Å². The Hall–Kier alpha value is -4.38. The van der Waals surface area contributed by atoms with Crippen molar-refractivity contribution in [2.24, 2.45) is 0 Å². The van der Waals surface area contributed by atoms with Crippen LogP contribution in [0.1, 0.15) is 201 Å². The molecule has 3 atom stereocenters. The van der Waals surface area contributed by atoms with Crippen molar-refractivity contribution in [1.29, 1.82) is 0 Å². The summed E-state index contributed by atoms with van der Waals surface area (Å²) in [5.41, 5.74) is 0. The zero-order valence-corrected chi connectivity index (χ0v) is 46.9. The van der Waals surface area contributed by atoms with Gasteiger partial charge in [0.25, 0.3) is 0 Å². The number of unbranched alkanes of at least 4 members (excludes halogenated alkanes) is 11. The zero-order valence-electron chi connectivity index (χ0n) is 46.0. The molecule has 12 heteroatoms. The van der Waals surface area contributed by atoms with E-state index in [-0.39, 0.29) is 19.3 Å². The molecule has 0 bridgehead atoms. The Morgan fingerprint density at radius 2 is 0.730 bits per heavy atom. The molecule has 2 N–H and O–H groups in total. The molecule has 74 heavy (non-hydrogen) atoms. The summed E-state index contributed by atoms with van der Waals surface area (Å²) in [4.78, 5) is 48.5. The molecule has 0 aromatic heterocycles. The molecule has 0 saturated carbocycles. The first-order valence-corrected chi connectivity index (χ1v) is 29.6. The highest BCUT2D eigenvalue weighted by Gasteiger charge is 2.28. The Bertz CT molecular complexity index is 1750. The molecule has 0 spiro atoms. The molecular weight excluding hydrogens is 952 g/mol. The second-order valence-electron chi connectivity index (χ2n) is 18.0. The van der Waals surface area contributed by atoms with Crippen LogP contribution in [0.5, 0.6) is 0 Å². The van der Waals surface area contributed by atoms with E-state index < -0.39 is 64.4 Å². The molecule has 0 rings (SSSR count). The van der Waals surface area contributed by atoms with Gasteiger partial charge in [0.05, 0.1) is 19.8 Å². The van der Waals surface area contributed by atoms with E-state index in [0.29, 0.717) is 19.3 Å². The van der Waals surface area contributed by atoms with Crippen LogP contribution in [0.2, 0.25) is 0 Å². The molecule has 3 unspecified atom stereocenters. The first-order valence-electron chi connectivity index (χ1n) is 28.1. The largest absolute Gasteiger partial charge is 0.472 e. The fourth-order valence-corrected chi connectivity index (χ4v) is 7.63. The van der Waals surface area contributed by atoms with E-state index in [2.05, 4.69) is 142 Å². The third-order valence-corrected chi connectivity index (χ3v) is 12.0. The van der Waals surface area contributed by atoms with Crippen molar-refractivity contribution in [3.05, 3.63) is 134 Å². The maximum absolute atomic E-state index is 12.9. The quantitative estimate of drug-likeness (QED) is 0.0197. The lowest BCUT2D eigenvalue weighted by molar-refractivity contribution is -0.161. The highest BCUT2D eigenvalue weighted by molar-refractivity contribution is 7.47. The van der Waals surface area contributed by atoms with Crippen LogP contribution in [-0.4, -0.2) is 66.5 Å². The summed E-state index contributed by atoms with van der Waals surface area (Å²) in [7, 11) is -4.78. The summed E-state index contributed by atoms with van der Waals surface area (Å²) in [6.07, 6.45) is 68.5. The minimum Gasteiger partial charge on any atom is -0.462 e. The second kappa shape index (κ2) is 54.9. The summed E-state index contributed by atoms with van der Waals surface area (Å²) in [5, 5.41) is 9.80. The molecule has 418 valence electrons. The summed E-state index contributed by atoms with van der Waals surface area (Å²) >= 11 is 0. The van der Waals surface area contributed by atoms with Crippen LogP contribution in [0, 0.1) is 0 Å². The normalized spacial score (nSPS) is 14.4. The van der Waals surface area contributed by atoms with E-state index in [1.807, 2.05) is 12.2 Å². The zero-order chi connectivity index (χ0) is 54.1. The minimum atomic E-state index is -4.78. The molecule has 0 fully saturated rings. The lowest BCUT2D eigenvalue weighted by atomic mass is 10.1. The van der Waals surface area contributed by atoms with Crippen LogP contribution in [0.4, 0.5) is 0 Å². The third-order valence-electron chi connectivity index (χ3n) is 11.0. The average molecular weight is 1050 g/mol. The van der Waals surface area contributed by atoms with E-state index >= 15 is 0 Å². The van der Waals surface area contributed by atoms with E-state index in [4.69, 9.17) is 23.3 Å². The van der Waals surface area contributed by atoms with Crippen molar-refractivity contribution in [3.63, 3.8) is 0 Å². The van der Waals surface area contributed by atoms with Crippen molar-refractivity contribution < 1.29 is 52.2 Å². The van der Waals surface area contributed by atoms with Crippen LogP contribution in [-0.2, 0) is 42.2 Å². The molecule has 0 saturated heterocycles. The van der Waals surface area contributed by atoms with Gasteiger partial charge in [0.2, 0.25) is 0 Å². The van der Waals surface area contributed by atoms with Gasteiger partial charge >= 0.3 is 25.7 Å². The van der Waals surface area contributed by atoms with Crippen molar-refractivity contribution in [2.75, 3.05) is 26.4 Å². The number of allylic oxidation sites excluding steroid dienone is 22. The maximum atomic E-state index is 12.9. The van der Waals surface area contributed by atoms with E-state index in [0.717, 1.165) is 141 Å². The van der Waals surface area contributed by atoms with Gasteiger partial charge in [-0.15, -0.1) is 0 Å². The first-order chi connectivity index (χ1) is 36.2. The monoisotopic (exact) mass is 1050 g/mol. The van der Waals surface area contributed by atoms with Gasteiger partial charge in [0.1, 0.15) is 12.7 Å². The molecule has 0 aliphatic carbocycles.